The summed E-state index contributed by atoms with van der Waals surface area (Å²) in [7, 11) is 0. The lowest BCUT2D eigenvalue weighted by Crippen LogP contribution is -2.57. The van der Waals surface area contributed by atoms with Crippen molar-refractivity contribution in [3.8, 4) is 0 Å². The number of amides is 11. The number of hydrogen-bond acceptors (Lipinski definition) is 25. The highest BCUT2D eigenvalue weighted by Crippen LogP contribution is 2.38. The van der Waals surface area contributed by atoms with E-state index in [0.717, 1.165) is 23.1 Å². The van der Waals surface area contributed by atoms with Gasteiger partial charge in [0.1, 0.15) is 36.3 Å². The number of benzene rings is 1. The molecule has 11 amide bonds. The Morgan fingerprint density at radius 3 is 1.54 bits per heavy atom. The van der Waals surface area contributed by atoms with Gasteiger partial charge in [0.15, 0.2) is 0 Å². The largest absolute Gasteiger partial charge is 0.480 e. The summed E-state index contributed by atoms with van der Waals surface area (Å²) in [6.07, 6.45) is 1.67. The van der Waals surface area contributed by atoms with Crippen molar-refractivity contribution in [1.82, 2.24) is 60.9 Å². The van der Waals surface area contributed by atoms with E-state index in [4.69, 9.17) is 25.7 Å². The number of nitrogens with zero attached hydrogens (tertiary/aromatic N) is 7. The number of likely N-dealkylation sites (tertiary alicyclic amines) is 2. The molecular weight excluding hydrogens is 1470 g/mol. The van der Waals surface area contributed by atoms with E-state index in [1.807, 2.05) is 11.8 Å². The summed E-state index contributed by atoms with van der Waals surface area (Å²) in [4.78, 5) is 208. The highest BCUT2D eigenvalue weighted by atomic mass is 32.2. The molecule has 0 unspecified atom stereocenters. The zero-order valence-electron chi connectivity index (χ0n) is 62.0. The number of rotatable bonds is 49. The Hall–Kier alpha value is -8.41. The number of unbranched alkanes of at least 4 members (excludes halogenated alkanes) is 2. The summed E-state index contributed by atoms with van der Waals surface area (Å²) < 4.78 is 17.1. The quantitative estimate of drug-likeness (QED) is 0.0226. The van der Waals surface area contributed by atoms with Crippen molar-refractivity contribution >= 4 is 112 Å². The van der Waals surface area contributed by atoms with Crippen LogP contribution in [0.4, 0.5) is 0 Å². The monoisotopic (exact) mass is 1580 g/mol. The molecule has 0 aromatic heterocycles. The maximum absolute atomic E-state index is 14.8. The van der Waals surface area contributed by atoms with Crippen molar-refractivity contribution in [1.29, 1.82) is 0 Å². The molecule has 109 heavy (non-hydrogen) atoms. The number of aliphatic hydroxyl groups is 1. The molecule has 4 aliphatic rings. The summed E-state index contributed by atoms with van der Waals surface area (Å²) in [5.74, 6) is -13.6. The number of carbonyl (C=O) groups excluding carboxylic acids is 11. The molecule has 39 heteroatoms. The van der Waals surface area contributed by atoms with E-state index in [9.17, 15) is 97.5 Å². The topological polar surface area (TPSA) is 520 Å². The van der Waals surface area contributed by atoms with Crippen molar-refractivity contribution in [2.75, 3.05) is 156 Å². The molecule has 0 radical (unpaired) electrons. The van der Waals surface area contributed by atoms with Crippen LogP contribution < -0.4 is 38.1 Å². The van der Waals surface area contributed by atoms with Crippen molar-refractivity contribution in [3.63, 3.8) is 0 Å². The van der Waals surface area contributed by atoms with Gasteiger partial charge in [-0.3, -0.25) is 91.6 Å². The van der Waals surface area contributed by atoms with Gasteiger partial charge in [-0.15, -0.1) is 23.5 Å². The third kappa shape index (κ3) is 33.4. The minimum Gasteiger partial charge on any atom is -0.480 e. The molecule has 0 spiro atoms. The lowest BCUT2D eigenvalue weighted by atomic mass is 10.0. The van der Waals surface area contributed by atoms with E-state index in [2.05, 4.69) is 26.6 Å². The van der Waals surface area contributed by atoms with Crippen molar-refractivity contribution in [2.45, 2.75) is 146 Å². The average Bonchev–Trinajstić information content (AvgIpc) is 1.66. The van der Waals surface area contributed by atoms with Crippen LogP contribution >= 0.6 is 23.5 Å². The fraction of sp³-hybridized carbons (Fsp3) is 0.671. The molecule has 7 atom stereocenters. The average molecular weight is 1580 g/mol. The van der Waals surface area contributed by atoms with Crippen LogP contribution in [-0.4, -0.2) is 347 Å². The van der Waals surface area contributed by atoms with E-state index in [1.54, 1.807) is 45.0 Å². The third-order valence-corrected chi connectivity index (χ3v) is 20.6. The number of carbonyl (C=O) groups is 15. The number of nitrogens with one attached hydrogen (secondary N) is 5. The van der Waals surface area contributed by atoms with Crippen LogP contribution in [0, 0.1) is 0 Å². The molecule has 0 saturated carbocycles. The number of aliphatic carboxylic acids is 4. The maximum atomic E-state index is 14.8. The Kier molecular flexibility index (Phi) is 41.0. The standard InChI is InChI=1S/C70H108N14O23S2/c1-3-4-6-17-55(87)75-50(66(99)83-22-10-16-53(83)67(100)82-21-9-15-52(82)63(72)96)44-108-61-62(109-45-51(70(103)104)77-65(98)49(39-47-13-7-5-8-14-47)76-64(97)48(18-19-54(71)86)74-56(88)38-46(2)85)69(102)84(68(61)101)23-12-33-106-35-37-107-36-34-105-32-11-20-73-57(89)40-78-24-26-79(41-58(90)91)28-30-81(43-60(94)95)31-29-80(27-25-78)42-59(92)93/h5,7-8,13-14,46,48-53,85H,3-4,6,9-12,15-45H2,1-2H3,(H2,71,86)(H2,72,96)(H,73,89)(H,74,88)(H,75,87)(H,76,97)(H,77,98)(H,90,91)(H,92,93)(H,94,95)(H,103,104)/t46-,48+,49+,50+,51+,52+,53+/m1/s1. The molecule has 14 N–H and O–H groups in total. The predicted molar refractivity (Wildman–Crippen MR) is 395 cm³/mol. The van der Waals surface area contributed by atoms with Gasteiger partial charge in [0.25, 0.3) is 11.8 Å². The molecule has 608 valence electrons. The number of thioether (sulfide) groups is 2. The van der Waals surface area contributed by atoms with Crippen LogP contribution in [0.5, 0.6) is 0 Å². The number of carboxylic acids is 4. The van der Waals surface area contributed by atoms with Crippen molar-refractivity contribution < 1.29 is 112 Å². The minimum absolute atomic E-state index is 0.0225. The second kappa shape index (κ2) is 49.0. The molecule has 0 bridgehead atoms. The van der Waals surface area contributed by atoms with Gasteiger partial charge in [-0.05, 0) is 63.9 Å². The zero-order chi connectivity index (χ0) is 80.0. The van der Waals surface area contributed by atoms with E-state index < -0.39 is 137 Å². The molecule has 1 aromatic carbocycles. The molecular formula is C70H108N14O23S2. The van der Waals surface area contributed by atoms with E-state index in [1.165, 1.54) is 16.7 Å². The minimum atomic E-state index is -1.82. The van der Waals surface area contributed by atoms with Gasteiger partial charge in [0.2, 0.25) is 53.2 Å². The van der Waals surface area contributed by atoms with Crippen LogP contribution in [0.3, 0.4) is 0 Å². The first-order valence-corrected chi connectivity index (χ1v) is 38.8. The smallest absolute Gasteiger partial charge is 0.327 e. The number of primary amides is 2. The second-order valence-electron chi connectivity index (χ2n) is 26.9. The molecule has 37 nitrogen and oxygen atoms in total. The van der Waals surface area contributed by atoms with Crippen molar-refractivity contribution in [2.24, 2.45) is 11.5 Å². The number of hydrogen-bond donors (Lipinski definition) is 12. The van der Waals surface area contributed by atoms with Crippen molar-refractivity contribution in [3.05, 3.63) is 45.7 Å². The van der Waals surface area contributed by atoms with E-state index in [0.29, 0.717) is 55.9 Å². The van der Waals surface area contributed by atoms with Crippen LogP contribution in [0.1, 0.15) is 103 Å². The first-order chi connectivity index (χ1) is 52.0. The van der Waals surface area contributed by atoms with Gasteiger partial charge in [-0.25, -0.2) is 4.79 Å². The Labute approximate surface area is 641 Å². The molecule has 4 aliphatic heterocycles. The lowest BCUT2D eigenvalue weighted by molar-refractivity contribution is -0.147. The fourth-order valence-corrected chi connectivity index (χ4v) is 14.8. The van der Waals surface area contributed by atoms with Crippen LogP contribution in [0.25, 0.3) is 0 Å². The number of nitrogens with two attached hydrogens (primary N) is 2. The molecule has 3 saturated heterocycles. The SMILES string of the molecule is CCCCCC(=O)N[C@@H](CSC1=C(SC[C@H](NC(=O)[C@H](Cc2ccccc2)NC(=O)[C@H](CCC(N)=O)NC(=O)C[C@@H](C)O)C(=O)O)C(=O)N(CCCOCCOCCOCCCNC(=O)CN2CCN(CC(=O)O)CCN(CC(=O)O)CCN(CC(=O)O)CC2)C1=O)C(=O)N1CCC[C@H]1C(=O)N1CCC[C@H]1C(N)=O. The maximum Gasteiger partial charge on any atom is 0.327 e. The van der Waals surface area contributed by atoms with Gasteiger partial charge in [-0.1, -0.05) is 50.1 Å². The molecule has 5 rings (SSSR count). The fourth-order valence-electron chi connectivity index (χ4n) is 12.5. The van der Waals surface area contributed by atoms with E-state index >= 15 is 0 Å². The normalized spacial score (nSPS) is 18.5. The molecule has 4 heterocycles. The first-order valence-electron chi connectivity index (χ1n) is 36.8. The Balaban J connectivity index is 1.22. The van der Waals surface area contributed by atoms with Crippen LogP contribution in [0.2, 0.25) is 0 Å². The van der Waals surface area contributed by atoms with Gasteiger partial charge < -0.3 is 87.6 Å². The Morgan fingerprint density at radius 1 is 0.541 bits per heavy atom. The summed E-state index contributed by atoms with van der Waals surface area (Å²) in [6, 6.07) is 0.276. The summed E-state index contributed by atoms with van der Waals surface area (Å²) >= 11 is 1.36. The predicted octanol–water partition coefficient (Wildman–Crippen LogP) is -3.19. The summed E-state index contributed by atoms with van der Waals surface area (Å²) in [5.41, 5.74) is 11.5. The third-order valence-electron chi connectivity index (χ3n) is 18.1. The number of imide groups is 1. The Bertz CT molecular complexity index is 3250. The molecule has 1 aromatic rings. The number of carboxylic acid groups (broad SMARTS) is 4. The van der Waals surface area contributed by atoms with Gasteiger partial charge >= 0.3 is 23.9 Å². The summed E-state index contributed by atoms with van der Waals surface area (Å²) in [6.45, 7) is 5.67. The number of aliphatic hydroxyl groups excluding tert-OH is 1. The number of ether oxygens (including phenoxy) is 3. The lowest BCUT2D eigenvalue weighted by Gasteiger charge is -2.32. The highest BCUT2D eigenvalue weighted by molar-refractivity contribution is 8.08. The zero-order valence-corrected chi connectivity index (χ0v) is 63.6. The van der Waals surface area contributed by atoms with Gasteiger partial charge in [-0.2, -0.15) is 0 Å². The summed E-state index contributed by atoms with van der Waals surface area (Å²) in [5, 5.41) is 62.0. The molecule has 3 fully saturated rings. The highest BCUT2D eigenvalue weighted by Gasteiger charge is 2.45. The second-order valence-corrected chi connectivity index (χ2v) is 29.0. The van der Waals surface area contributed by atoms with Gasteiger partial charge in [0.05, 0.1) is 74.9 Å². The Morgan fingerprint density at radius 2 is 1.03 bits per heavy atom. The molecule has 0 aliphatic carbocycles. The van der Waals surface area contributed by atoms with Crippen LogP contribution in [-0.2, 0) is 92.5 Å². The first kappa shape index (κ1) is 91.2. The van der Waals surface area contributed by atoms with E-state index in [-0.39, 0.29) is 204 Å². The van der Waals surface area contributed by atoms with Gasteiger partial charge in [0, 0.05) is 123 Å². The van der Waals surface area contributed by atoms with Crippen LogP contribution in [0.15, 0.2) is 40.1 Å².